The van der Waals surface area contributed by atoms with Crippen molar-refractivity contribution in [3.8, 4) is 0 Å². The van der Waals surface area contributed by atoms with Gasteiger partial charge in [-0.25, -0.2) is 9.36 Å². The van der Waals surface area contributed by atoms with Crippen LogP contribution in [0.5, 0.6) is 0 Å². The Hall–Kier alpha value is 0.0800. The van der Waals surface area contributed by atoms with Crippen molar-refractivity contribution in [1.82, 2.24) is 0 Å². The normalized spacial score (nSPS) is 14.2. The molecule has 0 amide bonds. The predicted octanol–water partition coefficient (Wildman–Crippen LogP) is 0.132. The second kappa shape index (κ2) is 3.28. The molecule has 5 heteroatoms. The summed E-state index contributed by atoms with van der Waals surface area (Å²) in [5, 5.41) is 0. The zero-order valence-corrected chi connectivity index (χ0v) is 4.37. The van der Waals surface area contributed by atoms with E-state index in [1.165, 1.54) is 0 Å². The van der Waals surface area contributed by atoms with Crippen molar-refractivity contribution in [2.45, 2.75) is 0 Å². The Kier molecular flexibility index (Phi) is 3.32. The lowest BCUT2D eigenvalue weighted by molar-refractivity contribution is 0.558. The van der Waals surface area contributed by atoms with E-state index in [4.69, 9.17) is 0 Å². The molecule has 3 nitrogen and oxygen atoms in total. The SMILES string of the molecule is O=C[S+]([O-])P=O. The summed E-state index contributed by atoms with van der Waals surface area (Å²) in [5.41, 5.74) is 0.120. The molecule has 0 rings (SSSR count). The Balaban J connectivity index is 3.21. The number of rotatable bonds is 2. The number of carbonyl (C=O) groups excluding carboxylic acids is 1. The lowest BCUT2D eigenvalue weighted by Crippen LogP contribution is -1.85. The lowest BCUT2D eigenvalue weighted by atomic mass is 11.8. The summed E-state index contributed by atoms with van der Waals surface area (Å²) in [6.45, 7) is 0. The van der Waals surface area contributed by atoms with Gasteiger partial charge >= 0.3 is 13.3 Å². The molecule has 0 aliphatic rings. The van der Waals surface area contributed by atoms with E-state index in [1.54, 1.807) is 0 Å². The molecule has 0 saturated carbocycles. The van der Waals surface area contributed by atoms with Crippen LogP contribution in [-0.2, 0) is 20.2 Å². The minimum absolute atomic E-state index is 0.120. The van der Waals surface area contributed by atoms with Gasteiger partial charge in [0.2, 0.25) is 0 Å². The van der Waals surface area contributed by atoms with E-state index in [9.17, 15) is 13.9 Å². The summed E-state index contributed by atoms with van der Waals surface area (Å²) >= 11 is 0. The third-order valence-electron chi connectivity index (χ3n) is 0.156. The highest BCUT2D eigenvalue weighted by atomic mass is 32.7. The molecule has 1 atom stereocenters. The summed E-state index contributed by atoms with van der Waals surface area (Å²) in [6, 6.07) is 0. The quantitative estimate of drug-likeness (QED) is 0.298. The summed E-state index contributed by atoms with van der Waals surface area (Å²) in [4.78, 5) is 9.23. The molecule has 0 aromatic carbocycles. The lowest BCUT2D eigenvalue weighted by Gasteiger charge is -1.80. The minimum Gasteiger partial charge on any atom is -0.600 e. The molecule has 0 aliphatic heterocycles. The first-order valence-electron chi connectivity index (χ1n) is 1.00. The fourth-order valence-electron chi connectivity index (χ4n) is 0.0176. The Morgan fingerprint density at radius 1 is 1.83 bits per heavy atom. The highest BCUT2D eigenvalue weighted by Crippen LogP contribution is 2.01. The van der Waals surface area contributed by atoms with Crippen LogP contribution in [0.1, 0.15) is 0 Å². The average Bonchev–Trinajstić information content (AvgIpc) is 1.65. The van der Waals surface area contributed by atoms with Crippen LogP contribution in [0.15, 0.2) is 0 Å². The maximum Gasteiger partial charge on any atom is 0.434 e. The maximum absolute atomic E-state index is 9.60. The summed E-state index contributed by atoms with van der Waals surface area (Å²) in [6.07, 6.45) is 0. The van der Waals surface area contributed by atoms with Crippen molar-refractivity contribution < 1.29 is 13.9 Å². The van der Waals surface area contributed by atoms with Crippen molar-refractivity contribution in [1.29, 1.82) is 0 Å². The fraction of sp³-hybridized carbons (Fsp3) is 0. The van der Waals surface area contributed by atoms with Gasteiger partial charge < -0.3 is 4.55 Å². The monoisotopic (exact) mass is 124 g/mol. The molecule has 0 aliphatic carbocycles. The first-order chi connectivity index (χ1) is 2.81. The van der Waals surface area contributed by atoms with Crippen LogP contribution >= 0.6 is 7.66 Å². The second-order valence-corrected chi connectivity index (χ2v) is 2.87. The molecule has 0 radical (unpaired) electrons. The molecule has 6 heavy (non-hydrogen) atoms. The molecule has 0 aromatic rings. The highest BCUT2D eigenvalue weighted by molar-refractivity contribution is 8.47. The average molecular weight is 124 g/mol. The molecular formula is CHO3PS. The van der Waals surface area contributed by atoms with Crippen molar-refractivity contribution in [2.24, 2.45) is 0 Å². The van der Waals surface area contributed by atoms with E-state index in [1.807, 2.05) is 0 Å². The molecule has 0 saturated heterocycles. The van der Waals surface area contributed by atoms with Crippen molar-refractivity contribution in [3.63, 3.8) is 0 Å². The minimum atomic E-state index is -1.80. The standard InChI is InChI=1S/CHO3PS/c2-1-6(4)5-3/h1H. The Morgan fingerprint density at radius 2 is 2.33 bits per heavy atom. The van der Waals surface area contributed by atoms with Gasteiger partial charge in [0, 0.05) is 0 Å². The van der Waals surface area contributed by atoms with E-state index >= 15 is 0 Å². The summed E-state index contributed by atoms with van der Waals surface area (Å²) in [7, 11) is -2.42. The molecule has 0 aromatic heterocycles. The molecule has 0 fully saturated rings. The number of carbonyl (C=O) groups is 1. The van der Waals surface area contributed by atoms with Crippen molar-refractivity contribution in [2.75, 3.05) is 0 Å². The van der Waals surface area contributed by atoms with Crippen LogP contribution in [0.3, 0.4) is 0 Å². The van der Waals surface area contributed by atoms with Gasteiger partial charge in [0.1, 0.15) is 10.8 Å². The number of hydrogen-bond acceptors (Lipinski definition) is 3. The summed E-state index contributed by atoms with van der Waals surface area (Å²) < 4.78 is 18.9. The van der Waals surface area contributed by atoms with Gasteiger partial charge in [-0.2, -0.15) is 0 Å². The van der Waals surface area contributed by atoms with E-state index < -0.39 is 18.5 Å². The van der Waals surface area contributed by atoms with Gasteiger partial charge in [0.05, 0.1) is 0 Å². The Bertz CT molecular complexity index is 55.8. The smallest absolute Gasteiger partial charge is 0.434 e. The molecule has 34 valence electrons. The van der Waals surface area contributed by atoms with Gasteiger partial charge in [0.15, 0.2) is 0 Å². The number of hydrogen-bond donors (Lipinski definition) is 0. The van der Waals surface area contributed by atoms with Gasteiger partial charge in [-0.15, -0.1) is 0 Å². The predicted molar refractivity (Wildman–Crippen MR) is 22.5 cm³/mol. The largest absolute Gasteiger partial charge is 0.600 e. The third-order valence-corrected chi connectivity index (χ3v) is 1.17. The Morgan fingerprint density at radius 3 is 2.33 bits per heavy atom. The fourth-order valence-corrected chi connectivity index (χ4v) is 0.158. The van der Waals surface area contributed by atoms with Crippen molar-refractivity contribution in [3.05, 3.63) is 0 Å². The second-order valence-electron chi connectivity index (χ2n) is 0.447. The van der Waals surface area contributed by atoms with Crippen molar-refractivity contribution >= 4 is 24.1 Å². The first kappa shape index (κ1) is 6.08. The van der Waals surface area contributed by atoms with Crippen LogP contribution in [0.4, 0.5) is 0 Å². The van der Waals surface area contributed by atoms with Crippen LogP contribution < -0.4 is 0 Å². The van der Waals surface area contributed by atoms with Gasteiger partial charge in [-0.1, -0.05) is 0 Å². The molecule has 0 spiro atoms. The van der Waals surface area contributed by atoms with E-state index in [-0.39, 0.29) is 5.62 Å². The van der Waals surface area contributed by atoms with Crippen LogP contribution in [-0.4, -0.2) is 10.2 Å². The topological polar surface area (TPSA) is 57.2 Å². The first-order valence-corrected chi connectivity index (χ1v) is 3.63. The van der Waals surface area contributed by atoms with Crippen LogP contribution in [0, 0.1) is 0 Å². The van der Waals surface area contributed by atoms with Crippen LogP contribution in [0.25, 0.3) is 0 Å². The van der Waals surface area contributed by atoms with Gasteiger partial charge in [-0.3, -0.25) is 0 Å². The molecule has 1 unspecified atom stereocenters. The maximum atomic E-state index is 9.60. The van der Waals surface area contributed by atoms with Gasteiger partial charge in [0.25, 0.3) is 0 Å². The highest BCUT2D eigenvalue weighted by Gasteiger charge is 1.98. The zero-order chi connectivity index (χ0) is 4.99. The Labute approximate surface area is 38.9 Å². The summed E-state index contributed by atoms with van der Waals surface area (Å²) in [5.74, 6) is 0. The van der Waals surface area contributed by atoms with Crippen LogP contribution in [0.2, 0.25) is 0 Å². The van der Waals surface area contributed by atoms with E-state index in [2.05, 4.69) is 0 Å². The zero-order valence-electron chi connectivity index (χ0n) is 2.66. The molecule has 0 heterocycles. The third kappa shape index (κ3) is 2.33. The molecule has 0 N–H and O–H groups in total. The molecular weight excluding hydrogens is 123 g/mol. The van der Waals surface area contributed by atoms with Gasteiger partial charge in [-0.05, 0) is 0 Å². The molecule has 0 bridgehead atoms. The van der Waals surface area contributed by atoms with E-state index in [0.29, 0.717) is 0 Å². The van der Waals surface area contributed by atoms with E-state index in [0.717, 1.165) is 0 Å².